The molecule has 4 rings (SSSR count). The van der Waals surface area contributed by atoms with Crippen LogP contribution in [0.4, 0.5) is 0 Å². The largest absolute Gasteiger partial charge is 0.467 e. The molecule has 0 radical (unpaired) electrons. The van der Waals surface area contributed by atoms with Gasteiger partial charge in [-0.15, -0.1) is 10.2 Å². The first kappa shape index (κ1) is 20.2. The Morgan fingerprint density at radius 1 is 1.23 bits per heavy atom. The van der Waals surface area contributed by atoms with Gasteiger partial charge < -0.3 is 9.73 Å². The van der Waals surface area contributed by atoms with Crippen molar-refractivity contribution >= 4 is 34.3 Å². The van der Waals surface area contributed by atoms with Crippen LogP contribution in [0.3, 0.4) is 0 Å². The van der Waals surface area contributed by atoms with Crippen molar-refractivity contribution in [1.29, 1.82) is 0 Å². The zero-order valence-electron chi connectivity index (χ0n) is 16.9. The zero-order valence-corrected chi connectivity index (χ0v) is 17.7. The van der Waals surface area contributed by atoms with Crippen LogP contribution in [-0.2, 0) is 11.3 Å². The van der Waals surface area contributed by atoms with Crippen LogP contribution in [-0.4, -0.2) is 30.8 Å². The number of benzene rings is 1. The second-order valence-corrected chi connectivity index (χ2v) is 7.98. The highest BCUT2D eigenvalue weighted by molar-refractivity contribution is 7.99. The standard InChI is InChI=1S/C21H23N5O3S/c1-3-4-11-25-19(28)15-8-5-6-9-16(15)26-20(25)23-24-21(26)30-13-18(27)22-14(2)17-10-7-12-29-17/h5-10,12,14H,3-4,11,13H2,1-2H3,(H,22,27). The molecule has 0 aliphatic rings. The third-order valence-corrected chi connectivity index (χ3v) is 5.82. The fraction of sp³-hybridized carbons (Fsp3) is 0.333. The van der Waals surface area contributed by atoms with Crippen molar-refractivity contribution in [3.05, 3.63) is 58.8 Å². The highest BCUT2D eigenvalue weighted by atomic mass is 32.2. The lowest BCUT2D eigenvalue weighted by Gasteiger charge is -2.12. The molecule has 0 fully saturated rings. The van der Waals surface area contributed by atoms with Crippen LogP contribution in [0.2, 0.25) is 0 Å². The van der Waals surface area contributed by atoms with Gasteiger partial charge in [0, 0.05) is 6.54 Å². The van der Waals surface area contributed by atoms with Crippen molar-refractivity contribution in [2.24, 2.45) is 0 Å². The maximum Gasteiger partial charge on any atom is 0.262 e. The number of amides is 1. The van der Waals surface area contributed by atoms with E-state index < -0.39 is 0 Å². The lowest BCUT2D eigenvalue weighted by molar-refractivity contribution is -0.119. The van der Waals surface area contributed by atoms with Gasteiger partial charge in [0.15, 0.2) is 5.16 Å². The van der Waals surface area contributed by atoms with Crippen molar-refractivity contribution < 1.29 is 9.21 Å². The van der Waals surface area contributed by atoms with E-state index in [0.29, 0.717) is 28.6 Å². The van der Waals surface area contributed by atoms with Gasteiger partial charge in [0.05, 0.1) is 29.0 Å². The molecule has 0 spiro atoms. The molecule has 1 aromatic carbocycles. The van der Waals surface area contributed by atoms with Crippen molar-refractivity contribution in [2.75, 3.05) is 5.75 Å². The van der Waals surface area contributed by atoms with Crippen LogP contribution in [0.5, 0.6) is 0 Å². The number of nitrogens with zero attached hydrogens (tertiary/aromatic N) is 4. The summed E-state index contributed by atoms with van der Waals surface area (Å²) in [7, 11) is 0. The predicted molar refractivity (Wildman–Crippen MR) is 116 cm³/mol. The molecular weight excluding hydrogens is 402 g/mol. The lowest BCUT2D eigenvalue weighted by atomic mass is 10.2. The van der Waals surface area contributed by atoms with Gasteiger partial charge in [-0.1, -0.05) is 37.2 Å². The topological polar surface area (TPSA) is 94.4 Å². The summed E-state index contributed by atoms with van der Waals surface area (Å²) in [6.45, 7) is 4.53. The molecule has 3 aromatic heterocycles. The molecule has 9 heteroatoms. The monoisotopic (exact) mass is 425 g/mol. The van der Waals surface area contributed by atoms with E-state index in [2.05, 4.69) is 22.4 Å². The summed E-state index contributed by atoms with van der Waals surface area (Å²) in [5.74, 6) is 1.24. The second kappa shape index (κ2) is 8.74. The summed E-state index contributed by atoms with van der Waals surface area (Å²) >= 11 is 1.29. The van der Waals surface area contributed by atoms with Gasteiger partial charge >= 0.3 is 0 Å². The smallest absolute Gasteiger partial charge is 0.262 e. The van der Waals surface area contributed by atoms with Gasteiger partial charge in [0.2, 0.25) is 11.7 Å². The molecule has 1 amide bonds. The van der Waals surface area contributed by atoms with E-state index in [0.717, 1.165) is 18.4 Å². The Kier molecular flexibility index (Phi) is 5.89. The third-order valence-electron chi connectivity index (χ3n) is 4.89. The molecule has 3 heterocycles. The Morgan fingerprint density at radius 3 is 2.83 bits per heavy atom. The Bertz CT molecular complexity index is 1230. The molecule has 1 unspecified atom stereocenters. The number of hydrogen-bond donors (Lipinski definition) is 1. The number of para-hydroxylation sites is 1. The average Bonchev–Trinajstić information content (AvgIpc) is 3.43. The van der Waals surface area contributed by atoms with Crippen molar-refractivity contribution in [3.8, 4) is 0 Å². The number of hydrogen-bond acceptors (Lipinski definition) is 6. The normalized spacial score (nSPS) is 12.5. The van der Waals surface area contributed by atoms with Gasteiger partial charge in [0.25, 0.3) is 5.56 Å². The number of thioether (sulfide) groups is 1. The number of aromatic nitrogens is 4. The minimum Gasteiger partial charge on any atom is -0.467 e. The highest BCUT2D eigenvalue weighted by Crippen LogP contribution is 2.22. The van der Waals surface area contributed by atoms with Gasteiger partial charge in [-0.2, -0.15) is 0 Å². The van der Waals surface area contributed by atoms with Crippen molar-refractivity contribution in [3.63, 3.8) is 0 Å². The van der Waals surface area contributed by atoms with Crippen LogP contribution in [0, 0.1) is 0 Å². The van der Waals surface area contributed by atoms with E-state index in [1.807, 2.05) is 41.7 Å². The number of aryl methyl sites for hydroxylation is 1. The first-order valence-electron chi connectivity index (χ1n) is 9.92. The summed E-state index contributed by atoms with van der Waals surface area (Å²) in [6, 6.07) is 10.8. The molecule has 1 atom stereocenters. The van der Waals surface area contributed by atoms with Gasteiger partial charge in [-0.05, 0) is 37.6 Å². The summed E-state index contributed by atoms with van der Waals surface area (Å²) < 4.78 is 8.86. The maximum atomic E-state index is 13.0. The first-order chi connectivity index (χ1) is 14.6. The van der Waals surface area contributed by atoms with E-state index in [1.54, 1.807) is 16.9 Å². The number of furan rings is 1. The first-order valence-corrected chi connectivity index (χ1v) is 10.9. The molecule has 30 heavy (non-hydrogen) atoms. The van der Waals surface area contributed by atoms with Gasteiger partial charge in [-0.25, -0.2) is 0 Å². The number of fused-ring (bicyclic) bond motifs is 3. The van der Waals surface area contributed by atoms with E-state index in [4.69, 9.17) is 4.42 Å². The number of nitrogens with one attached hydrogen (secondary N) is 1. The second-order valence-electron chi connectivity index (χ2n) is 7.04. The summed E-state index contributed by atoms with van der Waals surface area (Å²) in [5.41, 5.74) is 0.669. The Morgan fingerprint density at radius 2 is 2.07 bits per heavy atom. The summed E-state index contributed by atoms with van der Waals surface area (Å²) in [5, 5.41) is 12.6. The zero-order chi connectivity index (χ0) is 21.1. The number of unbranched alkanes of at least 4 members (excludes halogenated alkanes) is 1. The van der Waals surface area contributed by atoms with E-state index in [1.165, 1.54) is 11.8 Å². The summed E-state index contributed by atoms with van der Waals surface area (Å²) in [6.07, 6.45) is 3.42. The van der Waals surface area contributed by atoms with E-state index in [-0.39, 0.29) is 23.3 Å². The third kappa shape index (κ3) is 3.85. The summed E-state index contributed by atoms with van der Waals surface area (Å²) in [4.78, 5) is 25.4. The van der Waals surface area contributed by atoms with E-state index >= 15 is 0 Å². The molecule has 156 valence electrons. The quantitative estimate of drug-likeness (QED) is 0.435. The number of carbonyl (C=O) groups excluding carboxylic acids is 1. The molecule has 0 aliphatic heterocycles. The average molecular weight is 426 g/mol. The van der Waals surface area contributed by atoms with Gasteiger partial charge in [0.1, 0.15) is 5.76 Å². The molecule has 0 bridgehead atoms. The fourth-order valence-corrected chi connectivity index (χ4v) is 4.12. The predicted octanol–water partition coefficient (Wildman–Crippen LogP) is 3.41. The molecule has 0 saturated carbocycles. The van der Waals surface area contributed by atoms with Crippen LogP contribution in [0.1, 0.15) is 38.5 Å². The molecule has 8 nitrogen and oxygen atoms in total. The Hall–Kier alpha value is -3.07. The molecular formula is C21H23N5O3S. The van der Waals surface area contributed by atoms with Crippen molar-refractivity contribution in [2.45, 2.75) is 44.4 Å². The van der Waals surface area contributed by atoms with Crippen LogP contribution in [0.25, 0.3) is 16.7 Å². The van der Waals surface area contributed by atoms with Gasteiger partial charge in [-0.3, -0.25) is 18.6 Å². The molecule has 0 aliphatic carbocycles. The lowest BCUT2D eigenvalue weighted by Crippen LogP contribution is -2.28. The molecule has 4 aromatic rings. The Labute approximate surface area is 177 Å². The number of rotatable bonds is 8. The SMILES string of the molecule is CCCCn1c(=O)c2ccccc2n2c(SCC(=O)NC(C)c3ccco3)nnc12. The molecule has 0 saturated heterocycles. The fourth-order valence-electron chi connectivity index (χ4n) is 3.37. The minimum atomic E-state index is -0.219. The maximum absolute atomic E-state index is 13.0. The van der Waals surface area contributed by atoms with Crippen LogP contribution in [0.15, 0.2) is 57.0 Å². The van der Waals surface area contributed by atoms with E-state index in [9.17, 15) is 9.59 Å². The minimum absolute atomic E-state index is 0.0690. The van der Waals surface area contributed by atoms with Crippen molar-refractivity contribution in [1.82, 2.24) is 24.5 Å². The van der Waals surface area contributed by atoms with Crippen LogP contribution < -0.4 is 10.9 Å². The Balaban J connectivity index is 1.62. The van der Waals surface area contributed by atoms with Crippen LogP contribution >= 0.6 is 11.8 Å². The molecule has 1 N–H and O–H groups in total. The number of carbonyl (C=O) groups is 1. The highest BCUT2D eigenvalue weighted by Gasteiger charge is 2.18.